The Bertz CT molecular complexity index is 766. The van der Waals surface area contributed by atoms with E-state index < -0.39 is 4.92 Å². The van der Waals surface area contributed by atoms with Crippen LogP contribution in [0.3, 0.4) is 0 Å². The molecule has 0 fully saturated rings. The molecule has 7 nitrogen and oxygen atoms in total. The number of benzene rings is 1. The fourth-order valence-electron chi connectivity index (χ4n) is 2.22. The SMILES string of the molecule is O=C(c1ccnc(Cl)c1)N1CCOc2ccc([N+](=O)[O-])cc21. The number of fused-ring (bicyclic) bond motifs is 1. The van der Waals surface area contributed by atoms with Gasteiger partial charge in [-0.2, -0.15) is 0 Å². The molecule has 0 unspecified atom stereocenters. The van der Waals surface area contributed by atoms with Gasteiger partial charge in [-0.05, 0) is 18.2 Å². The van der Waals surface area contributed by atoms with E-state index in [0.717, 1.165) is 0 Å². The largest absolute Gasteiger partial charge is 0.490 e. The molecule has 0 bridgehead atoms. The number of carbonyl (C=O) groups is 1. The van der Waals surface area contributed by atoms with Crippen molar-refractivity contribution in [1.82, 2.24) is 4.98 Å². The van der Waals surface area contributed by atoms with E-state index in [0.29, 0.717) is 30.2 Å². The summed E-state index contributed by atoms with van der Waals surface area (Å²) in [7, 11) is 0. The molecule has 0 saturated carbocycles. The predicted octanol–water partition coefficient (Wildman–Crippen LogP) is 2.68. The predicted molar refractivity (Wildman–Crippen MR) is 79.5 cm³/mol. The molecule has 8 heteroatoms. The van der Waals surface area contributed by atoms with Gasteiger partial charge >= 0.3 is 0 Å². The number of ether oxygens (including phenoxy) is 1. The lowest BCUT2D eigenvalue weighted by atomic mass is 10.1. The Hall–Kier alpha value is -2.67. The van der Waals surface area contributed by atoms with Gasteiger partial charge in [0.1, 0.15) is 17.5 Å². The number of aromatic nitrogens is 1. The molecule has 0 spiro atoms. The Labute approximate surface area is 130 Å². The summed E-state index contributed by atoms with van der Waals surface area (Å²) in [6, 6.07) is 7.16. The minimum absolute atomic E-state index is 0.102. The van der Waals surface area contributed by atoms with E-state index in [2.05, 4.69) is 4.98 Å². The van der Waals surface area contributed by atoms with Gasteiger partial charge in [-0.15, -0.1) is 0 Å². The second kappa shape index (κ2) is 5.61. The maximum Gasteiger partial charge on any atom is 0.271 e. The second-order valence-electron chi connectivity index (χ2n) is 4.58. The maximum atomic E-state index is 12.6. The number of nitro groups is 1. The molecule has 1 aromatic heterocycles. The third-order valence-electron chi connectivity index (χ3n) is 3.24. The maximum absolute atomic E-state index is 12.6. The lowest BCUT2D eigenvalue weighted by Crippen LogP contribution is -2.38. The van der Waals surface area contributed by atoms with Gasteiger partial charge in [-0.1, -0.05) is 11.6 Å². The van der Waals surface area contributed by atoms with Gasteiger partial charge in [-0.25, -0.2) is 4.98 Å². The van der Waals surface area contributed by atoms with Crippen LogP contribution in [-0.2, 0) is 0 Å². The molecule has 1 aliphatic heterocycles. The topological polar surface area (TPSA) is 85.6 Å². The molecule has 0 radical (unpaired) electrons. The number of non-ortho nitro benzene ring substituents is 1. The van der Waals surface area contributed by atoms with E-state index in [9.17, 15) is 14.9 Å². The van der Waals surface area contributed by atoms with Crippen molar-refractivity contribution < 1.29 is 14.5 Å². The molecule has 1 amide bonds. The summed E-state index contributed by atoms with van der Waals surface area (Å²) < 4.78 is 5.44. The van der Waals surface area contributed by atoms with Crippen LogP contribution in [0.25, 0.3) is 0 Å². The summed E-state index contributed by atoms with van der Waals surface area (Å²) in [5.74, 6) is 0.125. The van der Waals surface area contributed by atoms with Gasteiger partial charge in [0, 0.05) is 23.9 Å². The van der Waals surface area contributed by atoms with Crippen LogP contribution in [0.1, 0.15) is 10.4 Å². The Morgan fingerprint density at radius 1 is 1.36 bits per heavy atom. The summed E-state index contributed by atoms with van der Waals surface area (Å²) in [4.78, 5) is 28.3. The first kappa shape index (κ1) is 14.3. The minimum atomic E-state index is -0.513. The van der Waals surface area contributed by atoms with Crippen LogP contribution in [0.2, 0.25) is 5.15 Å². The first-order valence-electron chi connectivity index (χ1n) is 6.41. The number of rotatable bonds is 2. The van der Waals surface area contributed by atoms with E-state index in [1.165, 1.54) is 35.4 Å². The van der Waals surface area contributed by atoms with Gasteiger partial charge in [0.05, 0.1) is 17.2 Å². The molecule has 22 heavy (non-hydrogen) atoms. The summed E-state index contributed by atoms with van der Waals surface area (Å²) in [5, 5.41) is 11.1. The van der Waals surface area contributed by atoms with Crippen molar-refractivity contribution in [2.24, 2.45) is 0 Å². The highest BCUT2D eigenvalue weighted by molar-refractivity contribution is 6.29. The highest BCUT2D eigenvalue weighted by Gasteiger charge is 2.27. The number of halogens is 1. The fourth-order valence-corrected chi connectivity index (χ4v) is 2.40. The molecule has 1 aromatic carbocycles. The minimum Gasteiger partial charge on any atom is -0.490 e. The Morgan fingerprint density at radius 2 is 2.18 bits per heavy atom. The number of nitro benzene ring substituents is 1. The van der Waals surface area contributed by atoms with Gasteiger partial charge < -0.3 is 9.64 Å². The molecular formula is C14H10ClN3O4. The van der Waals surface area contributed by atoms with Crippen molar-refractivity contribution >= 4 is 28.9 Å². The van der Waals surface area contributed by atoms with Crippen LogP contribution in [0, 0.1) is 10.1 Å². The number of carbonyl (C=O) groups excluding carboxylic acids is 1. The van der Waals surface area contributed by atoms with Crippen molar-refractivity contribution in [3.05, 3.63) is 57.4 Å². The number of pyridine rings is 1. The average molecular weight is 320 g/mol. The molecule has 2 heterocycles. The lowest BCUT2D eigenvalue weighted by molar-refractivity contribution is -0.384. The zero-order valence-electron chi connectivity index (χ0n) is 11.2. The van der Waals surface area contributed by atoms with E-state index >= 15 is 0 Å². The average Bonchev–Trinajstić information content (AvgIpc) is 2.53. The molecule has 1 aliphatic rings. The molecule has 0 atom stereocenters. The van der Waals surface area contributed by atoms with E-state index in [1.54, 1.807) is 6.07 Å². The van der Waals surface area contributed by atoms with Crippen LogP contribution >= 0.6 is 11.6 Å². The number of amides is 1. The molecule has 0 saturated heterocycles. The smallest absolute Gasteiger partial charge is 0.271 e. The van der Waals surface area contributed by atoms with E-state index in [4.69, 9.17) is 16.3 Å². The Morgan fingerprint density at radius 3 is 2.91 bits per heavy atom. The number of hydrogen-bond acceptors (Lipinski definition) is 5. The van der Waals surface area contributed by atoms with Crippen molar-refractivity contribution in [3.63, 3.8) is 0 Å². The zero-order valence-corrected chi connectivity index (χ0v) is 12.0. The molecule has 0 aliphatic carbocycles. The molecule has 112 valence electrons. The number of hydrogen-bond donors (Lipinski definition) is 0. The number of anilines is 1. The third kappa shape index (κ3) is 2.58. The van der Waals surface area contributed by atoms with Crippen molar-refractivity contribution in [2.45, 2.75) is 0 Å². The monoisotopic (exact) mass is 319 g/mol. The number of nitrogens with zero attached hydrogens (tertiary/aromatic N) is 3. The van der Waals surface area contributed by atoms with Crippen LogP contribution < -0.4 is 9.64 Å². The lowest BCUT2D eigenvalue weighted by Gasteiger charge is -2.29. The quantitative estimate of drug-likeness (QED) is 0.482. The summed E-state index contributed by atoms with van der Waals surface area (Å²) >= 11 is 5.80. The molecule has 3 rings (SSSR count). The zero-order chi connectivity index (χ0) is 15.7. The normalized spacial score (nSPS) is 13.2. The molecule has 2 aromatic rings. The van der Waals surface area contributed by atoms with Gasteiger partial charge in [0.25, 0.3) is 11.6 Å². The highest BCUT2D eigenvalue weighted by Crippen LogP contribution is 2.35. The van der Waals surface area contributed by atoms with Gasteiger partial charge in [0.15, 0.2) is 0 Å². The summed E-state index contributed by atoms with van der Waals surface area (Å²) in [6.07, 6.45) is 1.43. The first-order valence-corrected chi connectivity index (χ1v) is 6.79. The summed E-state index contributed by atoms with van der Waals surface area (Å²) in [5.41, 5.74) is 0.632. The third-order valence-corrected chi connectivity index (χ3v) is 3.44. The van der Waals surface area contributed by atoms with E-state index in [1.807, 2.05) is 0 Å². The van der Waals surface area contributed by atoms with Crippen LogP contribution in [0.4, 0.5) is 11.4 Å². The first-order chi connectivity index (χ1) is 10.6. The highest BCUT2D eigenvalue weighted by atomic mass is 35.5. The second-order valence-corrected chi connectivity index (χ2v) is 4.97. The van der Waals surface area contributed by atoms with Crippen LogP contribution in [0.15, 0.2) is 36.5 Å². The van der Waals surface area contributed by atoms with Gasteiger partial charge in [-0.3, -0.25) is 14.9 Å². The molecule has 0 N–H and O–H groups in total. The van der Waals surface area contributed by atoms with Crippen LogP contribution in [0.5, 0.6) is 5.75 Å². The molecular weight excluding hydrogens is 310 g/mol. The van der Waals surface area contributed by atoms with Crippen molar-refractivity contribution in [1.29, 1.82) is 0 Å². The van der Waals surface area contributed by atoms with Crippen molar-refractivity contribution in [2.75, 3.05) is 18.1 Å². The Balaban J connectivity index is 2.02. The summed E-state index contributed by atoms with van der Waals surface area (Å²) in [6.45, 7) is 0.613. The van der Waals surface area contributed by atoms with Gasteiger partial charge in [0.2, 0.25) is 0 Å². The van der Waals surface area contributed by atoms with Crippen LogP contribution in [-0.4, -0.2) is 29.0 Å². The van der Waals surface area contributed by atoms with E-state index in [-0.39, 0.29) is 16.7 Å². The van der Waals surface area contributed by atoms with Crippen molar-refractivity contribution in [3.8, 4) is 5.75 Å². The standard InChI is InChI=1S/C14H10ClN3O4/c15-13-7-9(3-4-16-13)14(19)17-5-6-22-12-2-1-10(18(20)21)8-11(12)17/h1-4,7-8H,5-6H2. The fraction of sp³-hybridized carbons (Fsp3) is 0.143. The Kier molecular flexibility index (Phi) is 3.64.